The summed E-state index contributed by atoms with van der Waals surface area (Å²) in [5, 5.41) is 0. The smallest absolute Gasteiger partial charge is 0.115 e. The Kier molecular flexibility index (Phi) is 5.40. The fourth-order valence-corrected chi connectivity index (χ4v) is 2.76. The molecule has 3 N–H and O–H groups in total. The Bertz CT molecular complexity index is 418. The minimum Gasteiger partial charge on any atom is -0.312 e. The molecule has 104 valence electrons. The van der Waals surface area contributed by atoms with Crippen LogP contribution < -0.4 is 11.3 Å². The van der Waals surface area contributed by atoms with Crippen LogP contribution in [-0.2, 0) is 6.42 Å². The highest BCUT2D eigenvalue weighted by molar-refractivity contribution is 5.84. The van der Waals surface area contributed by atoms with Gasteiger partial charge in [-0.1, -0.05) is 55.5 Å². The maximum absolute atomic E-state index is 5.63. The van der Waals surface area contributed by atoms with Gasteiger partial charge in [-0.15, -0.1) is 0 Å². The predicted molar refractivity (Wildman–Crippen MR) is 81.1 cm³/mol. The Balaban J connectivity index is 2.02. The molecule has 0 unspecified atom stereocenters. The van der Waals surface area contributed by atoms with Crippen LogP contribution in [0.2, 0.25) is 0 Å². The molecule has 3 nitrogen and oxygen atoms in total. The van der Waals surface area contributed by atoms with Gasteiger partial charge in [-0.25, -0.2) is 5.84 Å². The molecule has 3 heteroatoms. The van der Waals surface area contributed by atoms with Crippen LogP contribution >= 0.6 is 0 Å². The molecular formula is C16H25N3. The molecule has 0 heterocycles. The quantitative estimate of drug-likeness (QED) is 0.288. The summed E-state index contributed by atoms with van der Waals surface area (Å²) in [6.07, 6.45) is 8.53. The number of nitrogens with one attached hydrogen (secondary N) is 1. The molecule has 1 aliphatic carbocycles. The van der Waals surface area contributed by atoms with Crippen molar-refractivity contribution >= 4 is 5.84 Å². The zero-order valence-corrected chi connectivity index (χ0v) is 11.9. The van der Waals surface area contributed by atoms with Crippen LogP contribution in [0.25, 0.3) is 0 Å². The van der Waals surface area contributed by atoms with E-state index in [1.807, 2.05) is 0 Å². The first-order valence-corrected chi connectivity index (χ1v) is 7.37. The molecule has 0 atom stereocenters. The van der Waals surface area contributed by atoms with Crippen LogP contribution in [0, 0.1) is 6.92 Å². The zero-order chi connectivity index (χ0) is 13.5. The van der Waals surface area contributed by atoms with E-state index in [0.717, 1.165) is 12.3 Å². The SMILES string of the molecule is Cc1cccc(CC(=NC2CCCCCC2)NN)c1. The summed E-state index contributed by atoms with van der Waals surface area (Å²) in [7, 11) is 0. The molecule has 2 rings (SSSR count). The second kappa shape index (κ2) is 7.29. The van der Waals surface area contributed by atoms with Crippen LogP contribution in [0.5, 0.6) is 0 Å². The zero-order valence-electron chi connectivity index (χ0n) is 11.9. The van der Waals surface area contributed by atoms with Gasteiger partial charge in [0.05, 0.1) is 6.04 Å². The van der Waals surface area contributed by atoms with Crippen molar-refractivity contribution in [3.05, 3.63) is 35.4 Å². The molecule has 0 aliphatic heterocycles. The first-order chi connectivity index (χ1) is 9.28. The van der Waals surface area contributed by atoms with Crippen molar-refractivity contribution in [3.63, 3.8) is 0 Å². The molecule has 1 aromatic rings. The second-order valence-electron chi connectivity index (χ2n) is 5.53. The first-order valence-electron chi connectivity index (χ1n) is 7.37. The Morgan fingerprint density at radius 1 is 1.26 bits per heavy atom. The third-order valence-corrected chi connectivity index (χ3v) is 3.78. The lowest BCUT2D eigenvalue weighted by Crippen LogP contribution is -2.33. The number of hydrogen-bond donors (Lipinski definition) is 2. The van der Waals surface area contributed by atoms with E-state index in [4.69, 9.17) is 10.8 Å². The summed E-state index contributed by atoms with van der Waals surface area (Å²) in [5.41, 5.74) is 5.34. The Morgan fingerprint density at radius 3 is 2.63 bits per heavy atom. The Morgan fingerprint density at radius 2 is 2.00 bits per heavy atom. The average Bonchev–Trinajstić information content (AvgIpc) is 2.66. The highest BCUT2D eigenvalue weighted by atomic mass is 15.3. The van der Waals surface area contributed by atoms with Crippen LogP contribution in [0.4, 0.5) is 0 Å². The van der Waals surface area contributed by atoms with Gasteiger partial charge in [0.25, 0.3) is 0 Å². The summed E-state index contributed by atoms with van der Waals surface area (Å²) < 4.78 is 0. The van der Waals surface area contributed by atoms with Crippen molar-refractivity contribution in [1.29, 1.82) is 0 Å². The number of amidine groups is 1. The number of aryl methyl sites for hydroxylation is 1. The number of hydrogen-bond acceptors (Lipinski definition) is 2. The van der Waals surface area contributed by atoms with E-state index in [1.165, 1.54) is 49.7 Å². The predicted octanol–water partition coefficient (Wildman–Crippen LogP) is 3.12. The van der Waals surface area contributed by atoms with Crippen LogP contribution in [0.15, 0.2) is 29.3 Å². The third-order valence-electron chi connectivity index (χ3n) is 3.78. The molecule has 0 aromatic heterocycles. The minimum atomic E-state index is 0.457. The topological polar surface area (TPSA) is 50.4 Å². The highest BCUT2D eigenvalue weighted by Crippen LogP contribution is 2.20. The molecule has 0 saturated heterocycles. The highest BCUT2D eigenvalue weighted by Gasteiger charge is 2.12. The molecule has 0 spiro atoms. The van der Waals surface area contributed by atoms with Crippen LogP contribution in [0.1, 0.15) is 49.7 Å². The fraction of sp³-hybridized carbons (Fsp3) is 0.562. The van der Waals surface area contributed by atoms with Gasteiger partial charge in [-0.05, 0) is 25.3 Å². The van der Waals surface area contributed by atoms with E-state index in [0.29, 0.717) is 6.04 Å². The number of aliphatic imine (C=N–C) groups is 1. The van der Waals surface area contributed by atoms with Gasteiger partial charge in [0, 0.05) is 6.42 Å². The van der Waals surface area contributed by atoms with E-state index >= 15 is 0 Å². The summed E-state index contributed by atoms with van der Waals surface area (Å²) in [6, 6.07) is 8.98. The molecule has 0 radical (unpaired) electrons. The standard InChI is InChI=1S/C16H25N3/c1-13-7-6-8-14(11-13)12-16(19-17)18-15-9-4-2-3-5-10-15/h6-8,11,15H,2-5,9-10,12,17H2,1H3,(H,18,19). The lowest BCUT2D eigenvalue weighted by Gasteiger charge is -2.13. The van der Waals surface area contributed by atoms with Crippen molar-refractivity contribution < 1.29 is 0 Å². The number of benzene rings is 1. The fourth-order valence-electron chi connectivity index (χ4n) is 2.76. The third kappa shape index (κ3) is 4.67. The second-order valence-corrected chi connectivity index (χ2v) is 5.53. The number of hydrazine groups is 1. The minimum absolute atomic E-state index is 0.457. The largest absolute Gasteiger partial charge is 0.312 e. The van der Waals surface area contributed by atoms with E-state index in [2.05, 4.69) is 36.6 Å². The van der Waals surface area contributed by atoms with Crippen molar-refractivity contribution in [1.82, 2.24) is 5.43 Å². The number of rotatable bonds is 3. The molecule has 19 heavy (non-hydrogen) atoms. The maximum Gasteiger partial charge on any atom is 0.115 e. The molecule has 0 amide bonds. The van der Waals surface area contributed by atoms with Gasteiger partial charge in [-0.3, -0.25) is 4.99 Å². The average molecular weight is 259 g/mol. The van der Waals surface area contributed by atoms with Crippen molar-refractivity contribution in [2.45, 2.75) is 57.9 Å². The lowest BCUT2D eigenvalue weighted by atomic mass is 10.1. The van der Waals surface area contributed by atoms with E-state index in [1.54, 1.807) is 0 Å². The monoisotopic (exact) mass is 259 g/mol. The summed E-state index contributed by atoms with van der Waals surface area (Å²) >= 11 is 0. The molecular weight excluding hydrogens is 234 g/mol. The van der Waals surface area contributed by atoms with Gasteiger partial charge in [-0.2, -0.15) is 0 Å². The molecule has 0 bridgehead atoms. The normalized spacial score (nSPS) is 18.1. The maximum atomic E-state index is 5.63. The Hall–Kier alpha value is -1.35. The first kappa shape index (κ1) is 14.1. The van der Waals surface area contributed by atoms with Gasteiger partial charge >= 0.3 is 0 Å². The number of nitrogens with two attached hydrogens (primary N) is 1. The number of nitrogens with zero attached hydrogens (tertiary/aromatic N) is 1. The van der Waals surface area contributed by atoms with Crippen LogP contribution in [0.3, 0.4) is 0 Å². The van der Waals surface area contributed by atoms with Crippen molar-refractivity contribution in [2.24, 2.45) is 10.8 Å². The van der Waals surface area contributed by atoms with Gasteiger partial charge < -0.3 is 5.43 Å². The lowest BCUT2D eigenvalue weighted by molar-refractivity contribution is 0.581. The van der Waals surface area contributed by atoms with Crippen LogP contribution in [-0.4, -0.2) is 11.9 Å². The summed E-state index contributed by atoms with van der Waals surface area (Å²) in [4.78, 5) is 4.82. The molecule has 1 fully saturated rings. The van der Waals surface area contributed by atoms with E-state index in [-0.39, 0.29) is 0 Å². The van der Waals surface area contributed by atoms with E-state index in [9.17, 15) is 0 Å². The summed E-state index contributed by atoms with van der Waals surface area (Å²) in [6.45, 7) is 2.11. The molecule has 1 saturated carbocycles. The Labute approximate surface area is 116 Å². The van der Waals surface area contributed by atoms with Gasteiger partial charge in [0.15, 0.2) is 0 Å². The van der Waals surface area contributed by atoms with Crippen molar-refractivity contribution in [3.8, 4) is 0 Å². The molecule has 1 aromatic carbocycles. The van der Waals surface area contributed by atoms with Gasteiger partial charge in [0.1, 0.15) is 5.84 Å². The molecule has 1 aliphatic rings. The van der Waals surface area contributed by atoms with Crippen molar-refractivity contribution in [2.75, 3.05) is 0 Å². The van der Waals surface area contributed by atoms with Gasteiger partial charge in [0.2, 0.25) is 0 Å². The van der Waals surface area contributed by atoms with E-state index < -0.39 is 0 Å². The summed E-state index contributed by atoms with van der Waals surface area (Å²) in [5.74, 6) is 6.55.